The molecule has 4 nitrogen and oxygen atoms in total. The number of carbonyl (C=O) groups is 1. The number of aliphatic carboxylic acids is 1. The van der Waals surface area contributed by atoms with Crippen molar-refractivity contribution in [2.75, 3.05) is 26.7 Å². The standard InChI is InChI=1S/C22H28ClNO2.C2H6.CH5N/c1-6-7-15(2)19(12-24-13-22(5,14-24)21(25)26)10-16(3)18-8-9-20(23)17(4)11-18;2*1-2/h7-11H,3,6,12-14H2,1-2,4-5H3,(H,25,26);1-2H3;2H2,1H3/b15-7-,19-10-;;. The molecular formula is C25H39ClN2O2. The Kier molecular flexibility index (Phi) is 12.6. The van der Waals surface area contributed by atoms with Crippen molar-refractivity contribution in [3.8, 4) is 0 Å². The van der Waals surface area contributed by atoms with Gasteiger partial charge in [-0.05, 0) is 68.6 Å². The zero-order valence-corrected chi connectivity index (χ0v) is 20.4. The fourth-order valence-corrected chi connectivity index (χ4v) is 3.41. The summed E-state index contributed by atoms with van der Waals surface area (Å²) in [5.41, 5.74) is 9.27. The molecular weight excluding hydrogens is 396 g/mol. The molecule has 1 aromatic rings. The van der Waals surface area contributed by atoms with Gasteiger partial charge in [0.05, 0.1) is 5.41 Å². The Labute approximate surface area is 188 Å². The van der Waals surface area contributed by atoms with Crippen molar-refractivity contribution in [3.05, 3.63) is 64.2 Å². The second kappa shape index (κ2) is 13.4. The van der Waals surface area contributed by atoms with E-state index < -0.39 is 11.4 Å². The minimum Gasteiger partial charge on any atom is -0.481 e. The highest BCUT2D eigenvalue weighted by Crippen LogP contribution is 2.32. The molecule has 5 heteroatoms. The van der Waals surface area contributed by atoms with Crippen LogP contribution >= 0.6 is 11.6 Å². The van der Waals surface area contributed by atoms with Crippen LogP contribution in [0.5, 0.6) is 0 Å². The van der Waals surface area contributed by atoms with Gasteiger partial charge in [-0.25, -0.2) is 0 Å². The Morgan fingerprint density at radius 3 is 2.37 bits per heavy atom. The van der Waals surface area contributed by atoms with Gasteiger partial charge >= 0.3 is 5.97 Å². The van der Waals surface area contributed by atoms with E-state index in [2.05, 4.69) is 43.2 Å². The molecule has 0 radical (unpaired) electrons. The van der Waals surface area contributed by atoms with Gasteiger partial charge in [0.1, 0.15) is 0 Å². The van der Waals surface area contributed by atoms with Crippen LogP contribution in [0.3, 0.4) is 0 Å². The maximum absolute atomic E-state index is 11.3. The van der Waals surface area contributed by atoms with Crippen molar-refractivity contribution in [2.45, 2.75) is 48.0 Å². The number of hydrogen-bond donors (Lipinski definition) is 2. The largest absolute Gasteiger partial charge is 0.481 e. The van der Waals surface area contributed by atoms with Gasteiger partial charge in [0.2, 0.25) is 0 Å². The number of carboxylic acids is 1. The van der Waals surface area contributed by atoms with Crippen LogP contribution < -0.4 is 5.73 Å². The molecule has 0 aliphatic carbocycles. The highest BCUT2D eigenvalue weighted by molar-refractivity contribution is 6.31. The van der Waals surface area contributed by atoms with Gasteiger partial charge in [0, 0.05) is 24.7 Å². The van der Waals surface area contributed by atoms with Crippen molar-refractivity contribution < 1.29 is 9.90 Å². The first-order valence-corrected chi connectivity index (χ1v) is 10.9. The molecule has 168 valence electrons. The van der Waals surface area contributed by atoms with Gasteiger partial charge in [-0.2, -0.15) is 0 Å². The second-order valence-corrected chi connectivity index (χ2v) is 7.87. The van der Waals surface area contributed by atoms with Crippen molar-refractivity contribution in [3.63, 3.8) is 0 Å². The topological polar surface area (TPSA) is 66.6 Å². The van der Waals surface area contributed by atoms with Crippen molar-refractivity contribution >= 4 is 23.1 Å². The lowest BCUT2D eigenvalue weighted by Crippen LogP contribution is -2.58. The van der Waals surface area contributed by atoms with Crippen molar-refractivity contribution in [1.29, 1.82) is 0 Å². The van der Waals surface area contributed by atoms with E-state index in [9.17, 15) is 9.90 Å². The van der Waals surface area contributed by atoms with Crippen LogP contribution in [0.4, 0.5) is 0 Å². The van der Waals surface area contributed by atoms with E-state index in [-0.39, 0.29) is 0 Å². The minimum absolute atomic E-state index is 0.575. The normalized spacial score (nSPS) is 15.8. The molecule has 3 N–H and O–H groups in total. The van der Waals surface area contributed by atoms with Crippen LogP contribution in [0.2, 0.25) is 5.02 Å². The summed E-state index contributed by atoms with van der Waals surface area (Å²) in [5, 5.41) is 10.1. The number of carboxylic acid groups (broad SMARTS) is 1. The van der Waals surface area contributed by atoms with Crippen LogP contribution in [-0.4, -0.2) is 42.7 Å². The van der Waals surface area contributed by atoms with E-state index in [1.54, 1.807) is 6.92 Å². The fraction of sp³-hybridized carbons (Fsp3) is 0.480. The zero-order valence-electron chi connectivity index (χ0n) is 19.7. The quantitative estimate of drug-likeness (QED) is 0.520. The first kappa shape index (κ1) is 28.1. The van der Waals surface area contributed by atoms with Gasteiger partial charge in [-0.1, -0.05) is 62.7 Å². The highest BCUT2D eigenvalue weighted by atomic mass is 35.5. The third-order valence-corrected chi connectivity index (χ3v) is 5.37. The first-order chi connectivity index (χ1) is 14.2. The molecule has 0 atom stereocenters. The van der Waals surface area contributed by atoms with Crippen LogP contribution in [-0.2, 0) is 4.79 Å². The Hall–Kier alpha value is -1.88. The number of aryl methyl sites for hydroxylation is 1. The summed E-state index contributed by atoms with van der Waals surface area (Å²) >= 11 is 6.12. The average molecular weight is 435 g/mol. The molecule has 2 rings (SSSR count). The number of halogens is 1. The molecule has 1 aliphatic heterocycles. The molecule has 1 heterocycles. The van der Waals surface area contributed by atoms with Gasteiger partial charge in [-0.3, -0.25) is 9.69 Å². The van der Waals surface area contributed by atoms with Crippen LogP contribution in [0.1, 0.15) is 52.2 Å². The van der Waals surface area contributed by atoms with Crippen molar-refractivity contribution in [1.82, 2.24) is 4.90 Å². The maximum Gasteiger partial charge on any atom is 0.311 e. The summed E-state index contributed by atoms with van der Waals surface area (Å²) < 4.78 is 0. The van der Waals surface area contributed by atoms with E-state index in [0.717, 1.165) is 34.7 Å². The molecule has 0 amide bonds. The van der Waals surface area contributed by atoms with E-state index in [4.69, 9.17) is 11.6 Å². The minimum atomic E-state index is -0.721. The number of hydrogen-bond acceptors (Lipinski definition) is 3. The summed E-state index contributed by atoms with van der Waals surface area (Å²) in [7, 11) is 1.50. The number of rotatable bonds is 7. The molecule has 0 saturated carbocycles. The molecule has 1 fully saturated rings. The third-order valence-electron chi connectivity index (χ3n) is 4.95. The van der Waals surface area contributed by atoms with E-state index in [1.807, 2.05) is 39.0 Å². The predicted octanol–water partition coefficient (Wildman–Crippen LogP) is 5.95. The van der Waals surface area contributed by atoms with Gasteiger partial charge in [-0.15, -0.1) is 0 Å². The van der Waals surface area contributed by atoms with E-state index in [0.29, 0.717) is 13.1 Å². The van der Waals surface area contributed by atoms with Gasteiger partial charge < -0.3 is 10.8 Å². The lowest BCUT2D eigenvalue weighted by Gasteiger charge is -2.45. The third kappa shape index (κ3) is 7.75. The van der Waals surface area contributed by atoms with Crippen LogP contribution in [0.25, 0.3) is 5.57 Å². The van der Waals surface area contributed by atoms with Gasteiger partial charge in [0.25, 0.3) is 0 Å². The summed E-state index contributed by atoms with van der Waals surface area (Å²) in [4.78, 5) is 13.5. The number of likely N-dealkylation sites (tertiary alicyclic amines) is 1. The Morgan fingerprint density at radius 1 is 1.33 bits per heavy atom. The number of nitrogens with zero attached hydrogens (tertiary/aromatic N) is 1. The SMILES string of the molecule is C=C(/C=C(CN1CC(C)(C(=O)O)C1)\C(C)=C/CC)c1ccc(Cl)c(C)c1.CC.CN. The molecule has 0 aromatic heterocycles. The number of nitrogens with two attached hydrogens (primary N) is 1. The Morgan fingerprint density at radius 2 is 1.90 bits per heavy atom. The predicted molar refractivity (Wildman–Crippen MR) is 131 cm³/mol. The monoisotopic (exact) mass is 434 g/mol. The van der Waals surface area contributed by atoms with Crippen molar-refractivity contribution in [2.24, 2.45) is 11.1 Å². The average Bonchev–Trinajstić information content (AvgIpc) is 2.71. The molecule has 1 aromatic carbocycles. The Bertz CT molecular complexity index is 775. The highest BCUT2D eigenvalue weighted by Gasteiger charge is 2.45. The summed E-state index contributed by atoms with van der Waals surface area (Å²) in [6.45, 7) is 18.1. The number of allylic oxidation sites excluding steroid dienone is 3. The summed E-state index contributed by atoms with van der Waals surface area (Å²) in [6, 6.07) is 5.92. The van der Waals surface area contributed by atoms with Crippen LogP contribution in [0, 0.1) is 12.3 Å². The molecule has 0 spiro atoms. The lowest BCUT2D eigenvalue weighted by molar-refractivity contribution is -0.157. The van der Waals surface area contributed by atoms with E-state index >= 15 is 0 Å². The van der Waals surface area contributed by atoms with Crippen LogP contribution in [0.15, 0.2) is 48.1 Å². The first-order valence-electron chi connectivity index (χ1n) is 10.5. The van der Waals surface area contributed by atoms with Gasteiger partial charge in [0.15, 0.2) is 0 Å². The molecule has 1 aliphatic rings. The maximum atomic E-state index is 11.3. The second-order valence-electron chi connectivity index (χ2n) is 7.47. The lowest BCUT2D eigenvalue weighted by atomic mass is 9.81. The molecule has 30 heavy (non-hydrogen) atoms. The van der Waals surface area contributed by atoms with E-state index in [1.165, 1.54) is 18.2 Å². The summed E-state index contributed by atoms with van der Waals surface area (Å²) in [5.74, 6) is -0.721. The smallest absolute Gasteiger partial charge is 0.311 e. The zero-order chi connectivity index (χ0) is 23.5. The number of benzene rings is 1. The molecule has 1 saturated heterocycles. The molecule has 0 bridgehead atoms. The molecule has 0 unspecified atom stereocenters. The fourth-order valence-electron chi connectivity index (χ4n) is 3.29. The Balaban J connectivity index is 0.00000198. The summed E-state index contributed by atoms with van der Waals surface area (Å²) in [6.07, 6.45) is 5.27.